The van der Waals surface area contributed by atoms with Gasteiger partial charge in [0.2, 0.25) is 17.7 Å². The highest BCUT2D eigenvalue weighted by Gasteiger charge is 2.44. The van der Waals surface area contributed by atoms with Gasteiger partial charge >= 0.3 is 0 Å². The minimum absolute atomic E-state index is 0.132. The lowest BCUT2D eigenvalue weighted by Crippen LogP contribution is -2.44. The Morgan fingerprint density at radius 1 is 0.778 bits per heavy atom. The molecule has 1 saturated heterocycles. The van der Waals surface area contributed by atoms with Gasteiger partial charge in [-0.1, -0.05) is 60.1 Å². The first kappa shape index (κ1) is 30.4. The normalized spacial score (nSPS) is 17.1. The number of nitrogens with two attached hydrogens (primary N) is 1. The Labute approximate surface area is 266 Å². The van der Waals surface area contributed by atoms with Crippen LogP contribution in [0.5, 0.6) is 0 Å². The number of nitrogens with one attached hydrogen (secondary N) is 4. The fourth-order valence-electron chi connectivity index (χ4n) is 6.29. The zero-order chi connectivity index (χ0) is 31.3. The van der Waals surface area contributed by atoms with Gasteiger partial charge in [0.05, 0.1) is 17.9 Å². The van der Waals surface area contributed by atoms with E-state index in [0.717, 1.165) is 38.5 Å². The molecule has 0 saturated carbocycles. The molecule has 9 nitrogen and oxygen atoms in total. The number of rotatable bonds is 11. The molecule has 1 aliphatic rings. The van der Waals surface area contributed by atoms with Crippen LogP contribution in [0.4, 0.5) is 0 Å². The van der Waals surface area contributed by atoms with E-state index in [0.29, 0.717) is 37.4 Å². The number of carbonyl (C=O) groups excluding carboxylic acids is 3. The summed E-state index contributed by atoms with van der Waals surface area (Å²) in [6.45, 7) is 1.09. The van der Waals surface area contributed by atoms with Gasteiger partial charge in [-0.05, 0) is 60.2 Å². The summed E-state index contributed by atoms with van der Waals surface area (Å²) in [5.41, 5.74) is 11.5. The van der Waals surface area contributed by atoms with Gasteiger partial charge in [-0.25, -0.2) is 0 Å². The van der Waals surface area contributed by atoms with E-state index in [1.807, 2.05) is 73.1 Å². The summed E-state index contributed by atoms with van der Waals surface area (Å²) in [6.07, 6.45) is 5.52. The molecule has 3 heterocycles. The van der Waals surface area contributed by atoms with E-state index >= 15 is 0 Å². The van der Waals surface area contributed by atoms with Crippen molar-refractivity contribution in [2.75, 3.05) is 26.2 Å². The van der Waals surface area contributed by atoms with Crippen LogP contribution in [0.1, 0.15) is 16.7 Å². The van der Waals surface area contributed by atoms with Crippen LogP contribution in [0, 0.1) is 11.8 Å². The first-order valence-electron chi connectivity index (χ1n) is 15.3. The maximum Gasteiger partial charge on any atom is 0.239 e. The number of carbonyl (C=O) groups is 3. The van der Waals surface area contributed by atoms with Crippen molar-refractivity contribution in [2.45, 2.75) is 25.3 Å². The Bertz CT molecular complexity index is 1710. The molecule has 3 atom stereocenters. The predicted octanol–water partition coefficient (Wildman–Crippen LogP) is 3.96. The number of hydrogen-bond acceptors (Lipinski definition) is 4. The van der Waals surface area contributed by atoms with Gasteiger partial charge in [-0.2, -0.15) is 0 Å². The van der Waals surface area contributed by atoms with Crippen LogP contribution in [0.25, 0.3) is 21.8 Å². The molecule has 10 heteroatoms. The Balaban J connectivity index is 1.11. The molecule has 232 valence electrons. The number of benzene rings is 3. The van der Waals surface area contributed by atoms with Gasteiger partial charge in [0, 0.05) is 65.4 Å². The van der Waals surface area contributed by atoms with Crippen LogP contribution < -0.4 is 16.4 Å². The van der Waals surface area contributed by atoms with Crippen molar-refractivity contribution in [3.8, 4) is 0 Å². The van der Waals surface area contributed by atoms with Crippen molar-refractivity contribution in [1.82, 2.24) is 25.5 Å². The van der Waals surface area contributed by atoms with Gasteiger partial charge < -0.3 is 31.2 Å². The van der Waals surface area contributed by atoms with Gasteiger partial charge in [-0.15, -0.1) is 0 Å². The maximum absolute atomic E-state index is 13.5. The highest BCUT2D eigenvalue weighted by atomic mass is 35.5. The Morgan fingerprint density at radius 3 is 1.78 bits per heavy atom. The molecule has 5 aromatic rings. The molecule has 6 rings (SSSR count). The van der Waals surface area contributed by atoms with Crippen molar-refractivity contribution in [1.29, 1.82) is 0 Å². The monoisotopic (exact) mass is 624 g/mol. The number of nitrogens with zero attached hydrogens (tertiary/aromatic N) is 1. The molecule has 2 aromatic heterocycles. The fraction of sp³-hybridized carbons (Fsp3) is 0.286. The molecule has 0 spiro atoms. The van der Waals surface area contributed by atoms with E-state index in [9.17, 15) is 14.4 Å². The second-order valence-corrected chi connectivity index (χ2v) is 12.1. The number of hydrogen-bond donors (Lipinski definition) is 5. The first-order chi connectivity index (χ1) is 21.9. The van der Waals surface area contributed by atoms with E-state index in [1.54, 1.807) is 17.0 Å². The van der Waals surface area contributed by atoms with E-state index in [1.165, 1.54) is 0 Å². The number of fused-ring (bicyclic) bond motifs is 2. The molecule has 45 heavy (non-hydrogen) atoms. The molecule has 0 radical (unpaired) electrons. The van der Waals surface area contributed by atoms with E-state index < -0.39 is 17.9 Å². The van der Waals surface area contributed by atoms with E-state index in [2.05, 4.69) is 20.6 Å². The van der Waals surface area contributed by atoms with Crippen LogP contribution >= 0.6 is 11.6 Å². The summed E-state index contributed by atoms with van der Waals surface area (Å²) in [6, 6.07) is 22.5. The first-order valence-corrected chi connectivity index (χ1v) is 15.7. The molecule has 1 fully saturated rings. The van der Waals surface area contributed by atoms with Crippen LogP contribution in [0.2, 0.25) is 5.02 Å². The van der Waals surface area contributed by atoms with Crippen LogP contribution in [0.15, 0.2) is 85.2 Å². The second-order valence-electron chi connectivity index (χ2n) is 11.7. The molecule has 0 unspecified atom stereocenters. The minimum atomic E-state index is -0.805. The molecule has 6 N–H and O–H groups in total. The summed E-state index contributed by atoms with van der Waals surface area (Å²) in [5, 5.41) is 8.89. The van der Waals surface area contributed by atoms with Crippen molar-refractivity contribution >= 4 is 51.1 Å². The number of aromatic amines is 2. The standard InChI is InChI=1S/C35H37ClN6O3/c36-25-11-9-22(10-12-25)17-30(37)35(45)42-20-28(33(43)38-15-13-23-18-40-31-7-3-1-5-26(23)31)29(21-42)34(44)39-16-14-24-19-41-32-8-4-2-6-27(24)32/h1-12,18-19,28-30,40-41H,13-17,20-21,37H2,(H,38,43)(H,39,44)/t28-,29-,30+/m1/s1. The van der Waals surface area contributed by atoms with Crippen molar-refractivity contribution < 1.29 is 14.4 Å². The largest absolute Gasteiger partial charge is 0.361 e. The highest BCUT2D eigenvalue weighted by Crippen LogP contribution is 2.26. The van der Waals surface area contributed by atoms with Gasteiger partial charge in [0.1, 0.15) is 0 Å². The Hall–Kier alpha value is -4.60. The molecular formula is C35H37ClN6O3. The summed E-state index contributed by atoms with van der Waals surface area (Å²) in [7, 11) is 0. The Kier molecular flexibility index (Phi) is 9.18. The average molecular weight is 625 g/mol. The lowest BCUT2D eigenvalue weighted by Gasteiger charge is -2.21. The number of likely N-dealkylation sites (tertiary alicyclic amines) is 1. The lowest BCUT2D eigenvalue weighted by molar-refractivity contribution is -0.132. The third kappa shape index (κ3) is 6.90. The topological polar surface area (TPSA) is 136 Å². The number of para-hydroxylation sites is 2. The SMILES string of the molecule is N[C@@H](Cc1ccc(Cl)cc1)C(=O)N1C[C@@H](C(=O)NCCc2c[nH]c3ccccc23)[C@H](C(=O)NCCc2c[nH]c3ccccc23)C1. The smallest absolute Gasteiger partial charge is 0.239 e. The molecule has 0 bridgehead atoms. The quantitative estimate of drug-likeness (QED) is 0.152. The van der Waals surface area contributed by atoms with Crippen LogP contribution in [-0.2, 0) is 33.6 Å². The lowest BCUT2D eigenvalue weighted by atomic mass is 9.94. The number of amides is 3. The molecule has 3 amide bonds. The zero-order valence-electron chi connectivity index (χ0n) is 24.9. The summed E-state index contributed by atoms with van der Waals surface area (Å²) < 4.78 is 0. The minimum Gasteiger partial charge on any atom is -0.361 e. The van der Waals surface area contributed by atoms with Gasteiger partial charge in [0.15, 0.2) is 0 Å². The van der Waals surface area contributed by atoms with Crippen molar-refractivity contribution in [2.24, 2.45) is 17.6 Å². The molecule has 1 aliphatic heterocycles. The number of H-pyrrole nitrogens is 2. The average Bonchev–Trinajstić information content (AvgIpc) is 3.79. The summed E-state index contributed by atoms with van der Waals surface area (Å²) >= 11 is 6.00. The Morgan fingerprint density at radius 2 is 1.27 bits per heavy atom. The maximum atomic E-state index is 13.5. The highest BCUT2D eigenvalue weighted by molar-refractivity contribution is 6.30. The van der Waals surface area contributed by atoms with Gasteiger partial charge in [0.25, 0.3) is 0 Å². The molecular weight excluding hydrogens is 588 g/mol. The van der Waals surface area contributed by atoms with Crippen molar-refractivity contribution in [3.63, 3.8) is 0 Å². The van der Waals surface area contributed by atoms with E-state index in [-0.39, 0.29) is 30.8 Å². The number of halogens is 1. The van der Waals surface area contributed by atoms with Crippen LogP contribution in [-0.4, -0.2) is 64.8 Å². The predicted molar refractivity (Wildman–Crippen MR) is 177 cm³/mol. The van der Waals surface area contributed by atoms with E-state index in [4.69, 9.17) is 17.3 Å². The number of aromatic nitrogens is 2. The fourth-order valence-corrected chi connectivity index (χ4v) is 6.42. The molecule has 3 aromatic carbocycles. The molecule has 0 aliphatic carbocycles. The zero-order valence-corrected chi connectivity index (χ0v) is 25.6. The third-order valence-electron chi connectivity index (χ3n) is 8.73. The summed E-state index contributed by atoms with van der Waals surface area (Å²) in [5.74, 6) is -2.14. The second kappa shape index (κ2) is 13.6. The third-order valence-corrected chi connectivity index (χ3v) is 8.98. The van der Waals surface area contributed by atoms with Crippen LogP contribution in [0.3, 0.4) is 0 Å². The van der Waals surface area contributed by atoms with Gasteiger partial charge in [-0.3, -0.25) is 14.4 Å². The van der Waals surface area contributed by atoms with Crippen molar-refractivity contribution in [3.05, 3.63) is 107 Å². The summed E-state index contributed by atoms with van der Waals surface area (Å²) in [4.78, 5) is 48.6.